The van der Waals surface area contributed by atoms with Gasteiger partial charge in [0.2, 0.25) is 17.7 Å². The van der Waals surface area contributed by atoms with Crippen molar-refractivity contribution in [2.45, 2.75) is 110 Å². The Labute approximate surface area is 251 Å². The molecule has 0 aliphatic heterocycles. The zero-order chi connectivity index (χ0) is 31.0. The molecule has 1 unspecified atom stereocenters. The number of hydroxylamine groups is 2. The fourth-order valence-electron chi connectivity index (χ4n) is 4.34. The van der Waals surface area contributed by atoms with Gasteiger partial charge in [-0.3, -0.25) is 24.0 Å². The summed E-state index contributed by atoms with van der Waals surface area (Å²) in [5.74, 6) is -1.05. The average molecular weight is 592 g/mol. The van der Waals surface area contributed by atoms with Crippen LogP contribution in [0, 0.1) is 0 Å². The molecule has 0 spiro atoms. The Hall–Kier alpha value is -3.34. The zero-order valence-electron chi connectivity index (χ0n) is 25.9. The van der Waals surface area contributed by atoms with Crippen LogP contribution >= 0.6 is 0 Å². The quantitative estimate of drug-likeness (QED) is 0.0746. The van der Waals surface area contributed by atoms with E-state index in [0.29, 0.717) is 37.4 Å². The number of amides is 4. The van der Waals surface area contributed by atoms with Gasteiger partial charge < -0.3 is 26.4 Å². The lowest BCUT2D eigenvalue weighted by atomic mass is 10.1. The number of hydrogen-bond donors (Lipinski definition) is 4. The van der Waals surface area contributed by atoms with E-state index in [4.69, 9.17) is 15.3 Å². The molecule has 0 saturated carbocycles. The minimum atomic E-state index is -1.14. The molecule has 11 heteroatoms. The largest absolute Gasteiger partial charge is 0.494 e. The average Bonchev–Trinajstić information content (AvgIpc) is 2.97. The maximum absolute atomic E-state index is 12.9. The molecule has 0 bridgehead atoms. The van der Waals surface area contributed by atoms with Crippen LogP contribution in [0.25, 0.3) is 0 Å². The maximum atomic E-state index is 12.9. The van der Waals surface area contributed by atoms with Crippen molar-refractivity contribution in [3.63, 3.8) is 0 Å². The van der Waals surface area contributed by atoms with E-state index in [0.717, 1.165) is 17.9 Å². The third-order valence-electron chi connectivity index (χ3n) is 6.72. The van der Waals surface area contributed by atoms with Crippen LogP contribution in [0.4, 0.5) is 5.69 Å². The van der Waals surface area contributed by atoms with Crippen LogP contribution < -0.4 is 26.4 Å². The second-order valence-corrected chi connectivity index (χ2v) is 10.3. The summed E-state index contributed by atoms with van der Waals surface area (Å²) in [5.41, 5.74) is 5.65. The first-order valence-corrected chi connectivity index (χ1v) is 15.5. The topological polar surface area (TPSA) is 152 Å². The SMILES string of the molecule is CCCCCCCCCCCCNC(=O)CCCOc1cccc(NC(NC(=O)CCC(N)=O)C(=O)N(CC)OC)c1. The smallest absolute Gasteiger partial charge is 0.289 e. The predicted octanol–water partition coefficient (Wildman–Crippen LogP) is 4.41. The molecule has 0 heterocycles. The fraction of sp³-hybridized carbons (Fsp3) is 0.677. The van der Waals surface area contributed by atoms with Crippen molar-refractivity contribution >= 4 is 29.3 Å². The number of carbonyl (C=O) groups excluding carboxylic acids is 4. The number of likely N-dealkylation sites (N-methyl/N-ethyl adjacent to an activating group) is 1. The summed E-state index contributed by atoms with van der Waals surface area (Å²) in [5, 5.41) is 9.66. The number of anilines is 1. The van der Waals surface area contributed by atoms with Crippen LogP contribution in [0.15, 0.2) is 24.3 Å². The Kier molecular flexibility index (Phi) is 20.3. The van der Waals surface area contributed by atoms with Crippen molar-refractivity contribution in [1.29, 1.82) is 0 Å². The first-order chi connectivity index (χ1) is 20.3. The molecule has 4 amide bonds. The number of carbonyl (C=O) groups is 4. The van der Waals surface area contributed by atoms with Gasteiger partial charge in [0.25, 0.3) is 5.91 Å². The van der Waals surface area contributed by atoms with Crippen LogP contribution in [-0.2, 0) is 24.0 Å². The third kappa shape index (κ3) is 17.5. The van der Waals surface area contributed by atoms with Gasteiger partial charge in [-0.2, -0.15) is 0 Å². The van der Waals surface area contributed by atoms with Crippen molar-refractivity contribution in [2.24, 2.45) is 5.73 Å². The molecule has 0 aliphatic carbocycles. The van der Waals surface area contributed by atoms with Gasteiger partial charge in [-0.25, -0.2) is 5.06 Å². The standard InChI is InChI=1S/C31H53N5O6/c1-4-6-7-8-9-10-11-12-13-14-22-33-28(38)19-16-23-42-26-18-15-17-25(24-26)34-30(31(40)36(5-2)41-3)35-29(39)21-20-27(32)37/h15,17-18,24,30,34H,4-14,16,19-23H2,1-3H3,(H2,32,37)(H,33,38)(H,35,39). The Morgan fingerprint density at radius 1 is 0.857 bits per heavy atom. The maximum Gasteiger partial charge on any atom is 0.289 e. The zero-order valence-corrected chi connectivity index (χ0v) is 25.9. The fourth-order valence-corrected chi connectivity index (χ4v) is 4.34. The lowest BCUT2D eigenvalue weighted by molar-refractivity contribution is -0.176. The van der Waals surface area contributed by atoms with Gasteiger partial charge in [0.15, 0.2) is 6.17 Å². The highest BCUT2D eigenvalue weighted by atomic mass is 16.7. The molecule has 11 nitrogen and oxygen atoms in total. The van der Waals surface area contributed by atoms with Crippen molar-refractivity contribution in [3.05, 3.63) is 24.3 Å². The lowest BCUT2D eigenvalue weighted by Crippen LogP contribution is -2.52. The molecular weight excluding hydrogens is 538 g/mol. The number of primary amides is 1. The Morgan fingerprint density at radius 2 is 1.52 bits per heavy atom. The predicted molar refractivity (Wildman–Crippen MR) is 164 cm³/mol. The first kappa shape index (κ1) is 36.7. The van der Waals surface area contributed by atoms with E-state index in [2.05, 4.69) is 22.9 Å². The highest BCUT2D eigenvalue weighted by Gasteiger charge is 2.26. The molecular formula is C31H53N5O6. The number of benzene rings is 1. The first-order valence-electron chi connectivity index (χ1n) is 15.5. The summed E-state index contributed by atoms with van der Waals surface area (Å²) < 4.78 is 5.81. The molecule has 1 aromatic rings. The summed E-state index contributed by atoms with van der Waals surface area (Å²) in [4.78, 5) is 53.5. The number of ether oxygens (including phenoxy) is 1. The van der Waals surface area contributed by atoms with Gasteiger partial charge in [-0.05, 0) is 31.9 Å². The molecule has 1 atom stereocenters. The summed E-state index contributed by atoms with van der Waals surface area (Å²) in [6.07, 6.45) is 12.2. The van der Waals surface area contributed by atoms with E-state index in [1.807, 2.05) is 0 Å². The summed E-state index contributed by atoms with van der Waals surface area (Å²) in [6, 6.07) is 6.95. The lowest BCUT2D eigenvalue weighted by Gasteiger charge is -2.26. The van der Waals surface area contributed by atoms with Crippen LogP contribution in [0.3, 0.4) is 0 Å². The van der Waals surface area contributed by atoms with Crippen LogP contribution in [0.1, 0.15) is 104 Å². The van der Waals surface area contributed by atoms with E-state index >= 15 is 0 Å². The molecule has 238 valence electrons. The summed E-state index contributed by atoms with van der Waals surface area (Å²) >= 11 is 0. The van der Waals surface area contributed by atoms with Gasteiger partial charge in [-0.1, -0.05) is 70.8 Å². The van der Waals surface area contributed by atoms with Crippen molar-refractivity contribution in [3.8, 4) is 5.75 Å². The van der Waals surface area contributed by atoms with Gasteiger partial charge in [0, 0.05) is 44.1 Å². The Morgan fingerprint density at radius 3 is 2.14 bits per heavy atom. The van der Waals surface area contributed by atoms with Crippen LogP contribution in [0.5, 0.6) is 5.75 Å². The highest BCUT2D eigenvalue weighted by Crippen LogP contribution is 2.19. The van der Waals surface area contributed by atoms with Crippen molar-refractivity contribution in [1.82, 2.24) is 15.7 Å². The molecule has 1 aromatic carbocycles. The van der Waals surface area contributed by atoms with E-state index in [1.54, 1.807) is 31.2 Å². The normalized spacial score (nSPS) is 11.4. The second kappa shape index (κ2) is 23.2. The van der Waals surface area contributed by atoms with E-state index in [9.17, 15) is 19.2 Å². The monoisotopic (exact) mass is 591 g/mol. The number of rotatable bonds is 25. The molecule has 0 aromatic heterocycles. The van der Waals surface area contributed by atoms with Crippen LogP contribution in [0.2, 0.25) is 0 Å². The van der Waals surface area contributed by atoms with Gasteiger partial charge in [0.1, 0.15) is 5.75 Å². The van der Waals surface area contributed by atoms with Crippen LogP contribution in [-0.4, -0.2) is 61.7 Å². The van der Waals surface area contributed by atoms with E-state index < -0.39 is 23.9 Å². The molecule has 0 radical (unpaired) electrons. The van der Waals surface area contributed by atoms with Gasteiger partial charge in [-0.15, -0.1) is 0 Å². The van der Waals surface area contributed by atoms with E-state index in [1.165, 1.54) is 58.5 Å². The molecule has 5 N–H and O–H groups in total. The molecule has 42 heavy (non-hydrogen) atoms. The second-order valence-electron chi connectivity index (χ2n) is 10.3. The molecule has 0 aliphatic rings. The van der Waals surface area contributed by atoms with Gasteiger partial charge in [0.05, 0.1) is 13.7 Å². The Balaban J connectivity index is 2.39. The van der Waals surface area contributed by atoms with Crippen molar-refractivity contribution < 1.29 is 28.8 Å². The molecule has 0 fully saturated rings. The minimum Gasteiger partial charge on any atom is -0.494 e. The Bertz CT molecular complexity index is 925. The van der Waals surface area contributed by atoms with E-state index in [-0.39, 0.29) is 25.3 Å². The number of nitrogens with one attached hydrogen (secondary N) is 3. The molecule has 1 rings (SSSR count). The summed E-state index contributed by atoms with van der Waals surface area (Å²) in [6.45, 7) is 5.31. The number of nitrogens with zero attached hydrogens (tertiary/aromatic N) is 1. The highest BCUT2D eigenvalue weighted by molar-refractivity contribution is 5.90. The number of unbranched alkanes of at least 4 members (excludes halogenated alkanes) is 9. The third-order valence-corrected chi connectivity index (χ3v) is 6.72. The number of hydrogen-bond acceptors (Lipinski definition) is 7. The minimum absolute atomic E-state index is 0.0250. The summed E-state index contributed by atoms with van der Waals surface area (Å²) in [7, 11) is 1.36. The van der Waals surface area contributed by atoms with Crippen molar-refractivity contribution in [2.75, 3.05) is 32.1 Å². The molecule has 0 saturated heterocycles. The number of nitrogens with two attached hydrogens (primary N) is 1. The van der Waals surface area contributed by atoms with Gasteiger partial charge >= 0.3 is 0 Å².